The van der Waals surface area contributed by atoms with Crippen molar-refractivity contribution >= 4 is 5.65 Å². The van der Waals surface area contributed by atoms with Crippen LogP contribution in [0.5, 0.6) is 0 Å². The largest absolute Gasteiger partial charge is 0.327 e. The molecule has 0 aliphatic rings. The fourth-order valence-corrected chi connectivity index (χ4v) is 0.912. The molecular formula is C5H7N5. The molecule has 5 heteroatoms. The van der Waals surface area contributed by atoms with Crippen LogP contribution in [0.25, 0.3) is 5.65 Å². The molecule has 0 aromatic carbocycles. The molecule has 0 saturated heterocycles. The highest BCUT2D eigenvalue weighted by molar-refractivity contribution is 5.35. The van der Waals surface area contributed by atoms with Gasteiger partial charge in [-0.2, -0.15) is 0 Å². The summed E-state index contributed by atoms with van der Waals surface area (Å²) < 4.78 is 3.52. The lowest BCUT2D eigenvalue weighted by atomic mass is 10.8. The number of hydrogen-bond acceptors (Lipinski definition) is 3. The fraction of sp³-hybridized carbons (Fsp3) is 0.200. The molecule has 0 aliphatic carbocycles. The van der Waals surface area contributed by atoms with Gasteiger partial charge in [0.25, 0.3) is 0 Å². The summed E-state index contributed by atoms with van der Waals surface area (Å²) in [6.07, 6.45) is 5.40. The van der Waals surface area contributed by atoms with E-state index in [1.54, 1.807) is 10.7 Å². The average Bonchev–Trinajstić information content (AvgIpc) is 2.44. The Labute approximate surface area is 57.2 Å². The van der Waals surface area contributed by atoms with Crippen LogP contribution in [0.4, 0.5) is 0 Å². The summed E-state index contributed by atoms with van der Waals surface area (Å²) in [6, 6.07) is 0. The van der Waals surface area contributed by atoms with Crippen molar-refractivity contribution in [2.45, 2.75) is 0 Å². The molecule has 0 unspecified atom stereocenters. The first-order chi connectivity index (χ1) is 4.92. The van der Waals surface area contributed by atoms with Crippen LogP contribution in [-0.2, 0) is 0 Å². The molecule has 2 rings (SSSR count). The van der Waals surface area contributed by atoms with Gasteiger partial charge >= 0.3 is 0 Å². The summed E-state index contributed by atoms with van der Waals surface area (Å²) in [5.74, 6) is 0. The van der Waals surface area contributed by atoms with E-state index in [0.717, 1.165) is 5.65 Å². The molecule has 5 nitrogen and oxygen atoms in total. The van der Waals surface area contributed by atoms with Crippen LogP contribution in [0.15, 0.2) is 18.6 Å². The van der Waals surface area contributed by atoms with Crippen LogP contribution in [0.2, 0.25) is 0 Å². The average molecular weight is 137 g/mol. The van der Waals surface area contributed by atoms with E-state index in [4.69, 9.17) is 0 Å². The molecule has 0 amide bonds. The highest BCUT2D eigenvalue weighted by atomic mass is 15.5. The molecule has 0 aliphatic heterocycles. The van der Waals surface area contributed by atoms with Crippen LogP contribution in [0.3, 0.4) is 0 Å². The molecule has 0 bridgehead atoms. The zero-order valence-corrected chi connectivity index (χ0v) is 5.52. The van der Waals surface area contributed by atoms with Gasteiger partial charge in [0.1, 0.15) is 0 Å². The lowest BCUT2D eigenvalue weighted by molar-refractivity contribution is 0.858. The van der Waals surface area contributed by atoms with E-state index >= 15 is 0 Å². The standard InChI is InChI=1S/C5H7N5/c1-6-9-2-3-10-5(9)4-7-8-10/h2-4,6H,1H3. The number of fused-ring (bicyclic) bond motifs is 1. The molecule has 0 spiro atoms. The zero-order chi connectivity index (χ0) is 6.97. The van der Waals surface area contributed by atoms with E-state index in [0.29, 0.717) is 0 Å². The van der Waals surface area contributed by atoms with Gasteiger partial charge < -0.3 is 5.43 Å². The van der Waals surface area contributed by atoms with Crippen LogP contribution in [0, 0.1) is 0 Å². The van der Waals surface area contributed by atoms with Gasteiger partial charge in [-0.1, -0.05) is 5.21 Å². The second-order valence-corrected chi connectivity index (χ2v) is 1.93. The second kappa shape index (κ2) is 1.73. The van der Waals surface area contributed by atoms with Crippen molar-refractivity contribution in [1.82, 2.24) is 19.5 Å². The summed E-state index contributed by atoms with van der Waals surface area (Å²) in [5.41, 5.74) is 3.88. The Balaban J connectivity index is 2.76. The SMILES string of the molecule is CNn1ccn2nncc12. The van der Waals surface area contributed by atoms with Gasteiger partial charge in [0.2, 0.25) is 0 Å². The Morgan fingerprint density at radius 2 is 2.40 bits per heavy atom. The highest BCUT2D eigenvalue weighted by Crippen LogP contribution is 1.97. The maximum absolute atomic E-state index is 3.79. The minimum absolute atomic E-state index is 0.933. The van der Waals surface area contributed by atoms with Crippen LogP contribution < -0.4 is 5.43 Å². The number of aromatic nitrogens is 4. The smallest absolute Gasteiger partial charge is 0.174 e. The zero-order valence-electron chi connectivity index (χ0n) is 5.52. The maximum atomic E-state index is 3.79. The summed E-state index contributed by atoms with van der Waals surface area (Å²) in [5, 5.41) is 7.52. The molecule has 2 aromatic rings. The Bertz CT molecular complexity index is 332. The summed E-state index contributed by atoms with van der Waals surface area (Å²) in [4.78, 5) is 0. The van der Waals surface area contributed by atoms with Crippen molar-refractivity contribution in [2.75, 3.05) is 12.5 Å². The molecule has 2 aromatic heterocycles. The molecule has 1 N–H and O–H groups in total. The quantitative estimate of drug-likeness (QED) is 0.587. The minimum Gasteiger partial charge on any atom is -0.327 e. The number of rotatable bonds is 1. The first-order valence-corrected chi connectivity index (χ1v) is 2.97. The summed E-state index contributed by atoms with van der Waals surface area (Å²) in [7, 11) is 1.84. The molecule has 0 saturated carbocycles. The Morgan fingerprint density at radius 3 is 3.20 bits per heavy atom. The van der Waals surface area contributed by atoms with E-state index < -0.39 is 0 Å². The monoisotopic (exact) mass is 137 g/mol. The summed E-state index contributed by atoms with van der Waals surface area (Å²) >= 11 is 0. The van der Waals surface area contributed by atoms with Crippen molar-refractivity contribution in [3.05, 3.63) is 18.6 Å². The van der Waals surface area contributed by atoms with Gasteiger partial charge in [-0.25, -0.2) is 9.19 Å². The molecule has 10 heavy (non-hydrogen) atoms. The van der Waals surface area contributed by atoms with Crippen molar-refractivity contribution < 1.29 is 0 Å². The number of imidazole rings is 1. The van der Waals surface area contributed by atoms with Crippen LogP contribution in [-0.4, -0.2) is 26.6 Å². The van der Waals surface area contributed by atoms with Crippen LogP contribution in [0.1, 0.15) is 0 Å². The Hall–Kier alpha value is -1.52. The van der Waals surface area contributed by atoms with E-state index in [9.17, 15) is 0 Å². The molecule has 52 valence electrons. The lowest BCUT2D eigenvalue weighted by Gasteiger charge is -1.96. The van der Waals surface area contributed by atoms with Crippen molar-refractivity contribution in [3.8, 4) is 0 Å². The maximum Gasteiger partial charge on any atom is 0.174 e. The molecule has 2 heterocycles. The Morgan fingerprint density at radius 1 is 1.50 bits per heavy atom. The topological polar surface area (TPSA) is 47.2 Å². The highest BCUT2D eigenvalue weighted by Gasteiger charge is 1.97. The van der Waals surface area contributed by atoms with Crippen molar-refractivity contribution in [3.63, 3.8) is 0 Å². The first-order valence-electron chi connectivity index (χ1n) is 2.97. The lowest BCUT2D eigenvalue weighted by Crippen LogP contribution is -2.06. The molecular weight excluding hydrogens is 130 g/mol. The molecule has 0 fully saturated rings. The second-order valence-electron chi connectivity index (χ2n) is 1.93. The van der Waals surface area contributed by atoms with Gasteiger partial charge in [0.15, 0.2) is 5.65 Å². The van der Waals surface area contributed by atoms with E-state index in [1.165, 1.54) is 0 Å². The number of nitrogens with zero attached hydrogens (tertiary/aromatic N) is 4. The van der Waals surface area contributed by atoms with Gasteiger partial charge in [0.05, 0.1) is 12.4 Å². The van der Waals surface area contributed by atoms with Gasteiger partial charge in [-0.05, 0) is 0 Å². The number of hydrogen-bond donors (Lipinski definition) is 1. The normalized spacial score (nSPS) is 10.5. The Kier molecular flexibility index (Phi) is 0.913. The summed E-state index contributed by atoms with van der Waals surface area (Å²) in [6.45, 7) is 0. The van der Waals surface area contributed by atoms with Crippen molar-refractivity contribution in [1.29, 1.82) is 0 Å². The third-order valence-corrected chi connectivity index (χ3v) is 1.40. The first kappa shape index (κ1) is 5.28. The van der Waals surface area contributed by atoms with E-state index in [-0.39, 0.29) is 0 Å². The van der Waals surface area contributed by atoms with E-state index in [1.807, 2.05) is 24.1 Å². The third-order valence-electron chi connectivity index (χ3n) is 1.40. The van der Waals surface area contributed by atoms with Gasteiger partial charge in [-0.3, -0.25) is 0 Å². The number of nitrogens with one attached hydrogen (secondary N) is 1. The van der Waals surface area contributed by atoms with Crippen molar-refractivity contribution in [2.24, 2.45) is 0 Å². The molecule has 0 radical (unpaired) electrons. The van der Waals surface area contributed by atoms with Crippen LogP contribution >= 0.6 is 0 Å². The van der Waals surface area contributed by atoms with Gasteiger partial charge in [0, 0.05) is 13.2 Å². The predicted molar refractivity (Wildman–Crippen MR) is 36.3 cm³/mol. The fourth-order valence-electron chi connectivity index (χ4n) is 0.912. The molecule has 0 atom stereocenters. The van der Waals surface area contributed by atoms with E-state index in [2.05, 4.69) is 15.7 Å². The van der Waals surface area contributed by atoms with Gasteiger partial charge in [-0.15, -0.1) is 5.10 Å². The third kappa shape index (κ3) is 0.513. The predicted octanol–water partition coefficient (Wildman–Crippen LogP) is -0.296. The minimum atomic E-state index is 0.933.